The summed E-state index contributed by atoms with van der Waals surface area (Å²) in [5.74, 6) is -98.8. The first-order valence-electron chi connectivity index (χ1n) is 10.1. The Balaban J connectivity index is 3.89. The Morgan fingerprint density at radius 3 is 0.761 bits per heavy atom. The average molecular weight is 797 g/mol. The summed E-state index contributed by atoms with van der Waals surface area (Å²) in [4.78, 5) is 0. The summed E-state index contributed by atoms with van der Waals surface area (Å²) in [6.07, 6.45) is -8.18. The van der Waals surface area contributed by atoms with Crippen molar-refractivity contribution in [1.29, 1.82) is 0 Å². The zero-order valence-electron chi connectivity index (χ0n) is 20.0. The summed E-state index contributed by atoms with van der Waals surface area (Å²) < 4.78 is 338. The highest BCUT2D eigenvalue weighted by Gasteiger charge is 2.99. The van der Waals surface area contributed by atoms with Crippen molar-refractivity contribution < 1.29 is 110 Å². The lowest BCUT2D eigenvalue weighted by Gasteiger charge is -2.45. The van der Waals surface area contributed by atoms with E-state index in [0.29, 0.717) is 0 Å². The molecule has 0 saturated carbocycles. The van der Waals surface area contributed by atoms with Gasteiger partial charge in [0.05, 0.1) is 0 Å². The van der Waals surface area contributed by atoms with Gasteiger partial charge >= 0.3 is 71.3 Å². The number of alkyl halides is 25. The largest absolute Gasteiger partial charge is 0.460 e. The molecule has 0 fully saturated rings. The lowest BCUT2D eigenvalue weighted by atomic mass is 9.84. The minimum absolute atomic E-state index is 0.172. The minimum atomic E-state index is -9.62. The Bertz CT molecular complexity index is 1250. The van der Waals surface area contributed by atoms with Gasteiger partial charge in [-0.15, -0.1) is 0 Å². The second-order valence-electron chi connectivity index (χ2n) is 8.60. The molecular formula is C18H4Cl2F25P. The van der Waals surface area contributed by atoms with Gasteiger partial charge in [0.25, 0.3) is 0 Å². The van der Waals surface area contributed by atoms with Gasteiger partial charge in [0, 0.05) is 10.9 Å². The Kier molecular flexibility index (Phi) is 10.4. The number of hydrogen-bond donors (Lipinski definition) is 0. The predicted molar refractivity (Wildman–Crippen MR) is 104 cm³/mol. The molecule has 0 saturated heterocycles. The van der Waals surface area contributed by atoms with E-state index in [4.69, 9.17) is 22.5 Å². The number of hydrogen-bond acceptors (Lipinski definition) is 0. The first-order valence-corrected chi connectivity index (χ1v) is 13.3. The molecule has 28 heteroatoms. The van der Waals surface area contributed by atoms with Crippen LogP contribution in [0.25, 0.3) is 0 Å². The van der Waals surface area contributed by atoms with Crippen LogP contribution in [0.1, 0.15) is 5.56 Å². The van der Waals surface area contributed by atoms with Gasteiger partial charge in [0.1, 0.15) is 6.63 Å². The van der Waals surface area contributed by atoms with Gasteiger partial charge in [0.2, 0.25) is 0 Å². The highest BCUT2D eigenvalue weighted by atomic mass is 35.9. The van der Waals surface area contributed by atoms with Crippen LogP contribution in [-0.4, -0.2) is 65.4 Å². The monoisotopic (exact) mass is 796 g/mol. The van der Waals surface area contributed by atoms with Crippen LogP contribution in [0.5, 0.6) is 0 Å². The molecule has 1 aromatic carbocycles. The van der Waals surface area contributed by atoms with Crippen LogP contribution in [0, 0.1) is 0 Å². The standard InChI is InChI=1S/C18H4Cl2F25P/c19-46(20)6-3-1-5(2-4-6)7(21,22)8(23,24)9(25,26)10(27,28)11(29,30)12(31,32)13(33,34)14(35,36)15(37,38)16(39,40)17(41,42)18(43,44)45/h1-4H. The number of benzene rings is 1. The molecule has 1 aromatic rings. The summed E-state index contributed by atoms with van der Waals surface area (Å²) in [5, 5.41) is -0.497. The molecule has 0 N–H and O–H groups in total. The van der Waals surface area contributed by atoms with Gasteiger partial charge in [-0.2, -0.15) is 110 Å². The van der Waals surface area contributed by atoms with E-state index < -0.39 is 101 Å². The normalized spacial score (nSPS) is 16.3. The topological polar surface area (TPSA) is 0 Å². The maximum atomic E-state index is 14.2. The fourth-order valence-corrected chi connectivity index (χ4v) is 3.97. The summed E-state index contributed by atoms with van der Waals surface area (Å²) >= 11 is 10.6. The van der Waals surface area contributed by atoms with Crippen LogP contribution >= 0.6 is 29.1 Å². The summed E-state index contributed by atoms with van der Waals surface area (Å²) in [6, 6.07) is -0.466. The molecule has 0 aliphatic carbocycles. The maximum Gasteiger partial charge on any atom is 0.460 e. The maximum absolute atomic E-state index is 14.2. The Hall–Kier alpha value is -1.52. The quantitative estimate of drug-likeness (QED) is 0.146. The lowest BCUT2D eigenvalue weighted by Crippen LogP contribution is -2.78. The van der Waals surface area contributed by atoms with Crippen molar-refractivity contribution in [3.8, 4) is 0 Å². The number of rotatable bonds is 12. The Labute approximate surface area is 246 Å². The van der Waals surface area contributed by atoms with E-state index in [2.05, 4.69) is 0 Å². The van der Waals surface area contributed by atoms with E-state index in [9.17, 15) is 110 Å². The van der Waals surface area contributed by atoms with Crippen molar-refractivity contribution >= 4 is 34.4 Å². The molecule has 1 rings (SSSR count). The fraction of sp³-hybridized carbons (Fsp3) is 0.667. The second kappa shape index (κ2) is 11.3. The van der Waals surface area contributed by atoms with E-state index in [0.717, 1.165) is 0 Å². The molecule has 46 heavy (non-hydrogen) atoms. The van der Waals surface area contributed by atoms with Gasteiger partial charge in [-0.1, -0.05) is 46.7 Å². The zero-order valence-corrected chi connectivity index (χ0v) is 22.4. The van der Waals surface area contributed by atoms with Crippen molar-refractivity contribution in [2.24, 2.45) is 0 Å². The van der Waals surface area contributed by atoms with Crippen molar-refractivity contribution in [3.05, 3.63) is 29.8 Å². The van der Waals surface area contributed by atoms with Crippen LogP contribution in [0.2, 0.25) is 0 Å². The van der Waals surface area contributed by atoms with E-state index >= 15 is 0 Å². The van der Waals surface area contributed by atoms with Crippen LogP contribution in [-0.2, 0) is 5.92 Å². The molecule has 0 aromatic heterocycles. The molecule has 0 atom stereocenters. The van der Waals surface area contributed by atoms with Gasteiger partial charge in [-0.05, 0) is 0 Å². The van der Waals surface area contributed by atoms with Crippen molar-refractivity contribution in [2.45, 2.75) is 71.3 Å². The SMILES string of the molecule is FC(F)(F)C(F)(F)C(F)(F)C(F)(F)C(F)(F)C(F)(F)C(F)(F)C(F)(F)C(F)(F)C(F)(F)C(F)(F)C(F)(F)c1ccc(P(Cl)Cl)cc1. The third-order valence-corrected chi connectivity index (χ3v) is 7.58. The predicted octanol–water partition coefficient (Wildman–Crippen LogP) is 11.1. The van der Waals surface area contributed by atoms with Gasteiger partial charge < -0.3 is 0 Å². The molecule has 0 amide bonds. The Morgan fingerprint density at radius 2 is 0.543 bits per heavy atom. The van der Waals surface area contributed by atoms with Gasteiger partial charge in [0.15, 0.2) is 0 Å². The van der Waals surface area contributed by atoms with Crippen LogP contribution < -0.4 is 5.30 Å². The molecule has 0 bridgehead atoms. The van der Waals surface area contributed by atoms with E-state index in [1.807, 2.05) is 0 Å². The molecular weight excluding hydrogens is 793 g/mol. The van der Waals surface area contributed by atoms with Crippen molar-refractivity contribution in [1.82, 2.24) is 0 Å². The lowest BCUT2D eigenvalue weighted by molar-refractivity contribution is -0.482. The van der Waals surface area contributed by atoms with Crippen LogP contribution in [0.4, 0.5) is 110 Å². The highest BCUT2D eigenvalue weighted by Crippen LogP contribution is 2.68. The minimum Gasteiger partial charge on any atom is -0.194 e. The molecule has 270 valence electrons. The molecule has 0 aliphatic rings. The van der Waals surface area contributed by atoms with Crippen LogP contribution in [0.15, 0.2) is 24.3 Å². The zero-order chi connectivity index (χ0) is 37.6. The summed E-state index contributed by atoms with van der Waals surface area (Å²) in [6.45, 7) is -2.36. The van der Waals surface area contributed by atoms with Gasteiger partial charge in [-0.25, -0.2) is 0 Å². The first-order chi connectivity index (χ1) is 19.7. The Morgan fingerprint density at radius 1 is 0.326 bits per heavy atom. The summed E-state index contributed by atoms with van der Waals surface area (Å²) in [5.41, 5.74) is -2.61. The number of halogens is 27. The van der Waals surface area contributed by atoms with E-state index in [-0.39, 0.29) is 12.1 Å². The smallest absolute Gasteiger partial charge is 0.194 e. The van der Waals surface area contributed by atoms with Crippen molar-refractivity contribution in [2.75, 3.05) is 0 Å². The molecule has 0 spiro atoms. The van der Waals surface area contributed by atoms with E-state index in [1.165, 1.54) is 0 Å². The molecule has 0 radical (unpaired) electrons. The van der Waals surface area contributed by atoms with Crippen molar-refractivity contribution in [3.63, 3.8) is 0 Å². The average Bonchev–Trinajstić information content (AvgIpc) is 2.86. The third kappa shape index (κ3) is 5.30. The summed E-state index contributed by atoms with van der Waals surface area (Å²) in [7, 11) is 0. The molecule has 0 heterocycles. The third-order valence-electron chi connectivity index (χ3n) is 5.72. The molecule has 0 unspecified atom stereocenters. The highest BCUT2D eigenvalue weighted by molar-refractivity contribution is 8.08. The fourth-order valence-electron chi connectivity index (χ4n) is 2.92. The second-order valence-corrected chi connectivity index (χ2v) is 12.1. The van der Waals surface area contributed by atoms with Crippen LogP contribution in [0.3, 0.4) is 0 Å². The van der Waals surface area contributed by atoms with Gasteiger partial charge in [-0.3, -0.25) is 0 Å². The first kappa shape index (κ1) is 42.5. The molecule has 0 aliphatic heterocycles. The van der Waals surface area contributed by atoms with E-state index in [1.54, 1.807) is 0 Å². The molecule has 0 nitrogen and oxygen atoms in total.